The summed E-state index contributed by atoms with van der Waals surface area (Å²) in [4.78, 5) is 0. The van der Waals surface area contributed by atoms with Crippen molar-refractivity contribution in [2.24, 2.45) is 0 Å². The minimum atomic E-state index is 0.971. The van der Waals surface area contributed by atoms with E-state index in [1.165, 1.54) is 44.8 Å². The summed E-state index contributed by atoms with van der Waals surface area (Å²) in [7, 11) is 0. The molecule has 0 bridgehead atoms. The highest BCUT2D eigenvalue weighted by Crippen LogP contribution is 2.34. The normalized spacial score (nSPS) is 12.0. The SMILES string of the molecule is c1ccc(Cc2ccc3c(c2)Cc2ccc(Cc4ccccc4)cc2N3)cc1. The molecule has 0 aliphatic carbocycles. The maximum atomic E-state index is 3.66. The monoisotopic (exact) mass is 361 g/mol. The molecule has 1 heterocycles. The van der Waals surface area contributed by atoms with E-state index >= 15 is 0 Å². The van der Waals surface area contributed by atoms with Crippen molar-refractivity contribution in [3.8, 4) is 0 Å². The molecule has 1 heteroatoms. The molecule has 4 aromatic rings. The molecule has 0 atom stereocenters. The third-order valence-corrected chi connectivity index (χ3v) is 5.50. The molecule has 0 fully saturated rings. The zero-order valence-electron chi connectivity index (χ0n) is 15.9. The number of hydrogen-bond donors (Lipinski definition) is 1. The molecule has 0 amide bonds. The average Bonchev–Trinajstić information content (AvgIpc) is 2.74. The lowest BCUT2D eigenvalue weighted by molar-refractivity contribution is 1.11. The molecule has 1 nitrogen and oxygen atoms in total. The van der Waals surface area contributed by atoms with E-state index in [0.29, 0.717) is 0 Å². The Morgan fingerprint density at radius 1 is 0.500 bits per heavy atom. The van der Waals surface area contributed by atoms with Gasteiger partial charge in [0, 0.05) is 17.8 Å². The number of anilines is 2. The van der Waals surface area contributed by atoms with Crippen LogP contribution >= 0.6 is 0 Å². The van der Waals surface area contributed by atoms with Crippen molar-refractivity contribution < 1.29 is 0 Å². The van der Waals surface area contributed by atoms with Crippen LogP contribution in [0.25, 0.3) is 0 Å². The predicted molar refractivity (Wildman–Crippen MR) is 117 cm³/mol. The van der Waals surface area contributed by atoms with Crippen LogP contribution in [-0.4, -0.2) is 0 Å². The molecule has 136 valence electrons. The first-order chi connectivity index (χ1) is 13.8. The van der Waals surface area contributed by atoms with Gasteiger partial charge in [-0.2, -0.15) is 0 Å². The lowest BCUT2D eigenvalue weighted by Crippen LogP contribution is -2.08. The first-order valence-electron chi connectivity index (χ1n) is 9.92. The van der Waals surface area contributed by atoms with Gasteiger partial charge in [0.15, 0.2) is 0 Å². The fraction of sp³-hybridized carbons (Fsp3) is 0.111. The molecule has 0 saturated heterocycles. The van der Waals surface area contributed by atoms with E-state index in [2.05, 4.69) is 102 Å². The molecule has 0 aromatic heterocycles. The largest absolute Gasteiger partial charge is 0.355 e. The Bertz CT molecular complexity index is 1010. The quantitative estimate of drug-likeness (QED) is 0.384. The Morgan fingerprint density at radius 3 is 1.79 bits per heavy atom. The second-order valence-electron chi connectivity index (χ2n) is 7.61. The van der Waals surface area contributed by atoms with Crippen LogP contribution in [0.3, 0.4) is 0 Å². The van der Waals surface area contributed by atoms with Gasteiger partial charge in [-0.05, 0) is 58.4 Å². The topological polar surface area (TPSA) is 12.0 Å². The van der Waals surface area contributed by atoms with Gasteiger partial charge in [0.05, 0.1) is 0 Å². The van der Waals surface area contributed by atoms with Crippen LogP contribution < -0.4 is 5.32 Å². The third-order valence-electron chi connectivity index (χ3n) is 5.50. The number of rotatable bonds is 4. The maximum absolute atomic E-state index is 3.66. The van der Waals surface area contributed by atoms with E-state index in [9.17, 15) is 0 Å². The van der Waals surface area contributed by atoms with Crippen LogP contribution in [0.5, 0.6) is 0 Å². The van der Waals surface area contributed by atoms with Crippen LogP contribution in [0.15, 0.2) is 97.1 Å². The molecule has 0 spiro atoms. The van der Waals surface area contributed by atoms with Gasteiger partial charge in [0.1, 0.15) is 0 Å². The van der Waals surface area contributed by atoms with Gasteiger partial charge in [-0.3, -0.25) is 0 Å². The maximum Gasteiger partial charge on any atom is 0.0423 e. The highest BCUT2D eigenvalue weighted by atomic mass is 14.9. The summed E-state index contributed by atoms with van der Waals surface area (Å²) >= 11 is 0. The van der Waals surface area contributed by atoms with Gasteiger partial charge in [0.25, 0.3) is 0 Å². The first-order valence-corrected chi connectivity index (χ1v) is 9.92. The van der Waals surface area contributed by atoms with Crippen molar-refractivity contribution in [1.82, 2.24) is 0 Å². The van der Waals surface area contributed by atoms with Crippen molar-refractivity contribution in [1.29, 1.82) is 0 Å². The summed E-state index contributed by atoms with van der Waals surface area (Å²) in [5.41, 5.74) is 10.7. The van der Waals surface area contributed by atoms with Crippen LogP contribution in [0, 0.1) is 0 Å². The van der Waals surface area contributed by atoms with Gasteiger partial charge >= 0.3 is 0 Å². The molecule has 4 aromatic carbocycles. The van der Waals surface area contributed by atoms with Crippen LogP contribution in [0.2, 0.25) is 0 Å². The minimum Gasteiger partial charge on any atom is -0.355 e. The van der Waals surface area contributed by atoms with Gasteiger partial charge in [0.2, 0.25) is 0 Å². The smallest absolute Gasteiger partial charge is 0.0423 e. The minimum absolute atomic E-state index is 0.971. The molecular weight excluding hydrogens is 338 g/mol. The zero-order valence-corrected chi connectivity index (χ0v) is 15.9. The standard InChI is InChI=1S/C27H23N/c1-3-7-20(8-4-1)15-22-12-14-26-25(17-22)19-24-13-11-23(18-27(24)28-26)16-21-9-5-2-6-10-21/h1-14,17-18,28H,15-16,19H2. The number of fused-ring (bicyclic) bond motifs is 2. The van der Waals surface area contributed by atoms with E-state index in [-0.39, 0.29) is 0 Å². The van der Waals surface area contributed by atoms with E-state index in [1.807, 2.05) is 0 Å². The van der Waals surface area contributed by atoms with Crippen molar-refractivity contribution >= 4 is 11.4 Å². The second-order valence-corrected chi connectivity index (χ2v) is 7.61. The molecule has 0 saturated carbocycles. The molecule has 1 aliphatic rings. The highest BCUT2D eigenvalue weighted by molar-refractivity contribution is 5.72. The average molecular weight is 361 g/mol. The molecule has 1 N–H and O–H groups in total. The van der Waals surface area contributed by atoms with Crippen molar-refractivity contribution in [2.75, 3.05) is 5.32 Å². The van der Waals surface area contributed by atoms with E-state index in [0.717, 1.165) is 19.3 Å². The Kier molecular flexibility index (Phi) is 4.42. The summed E-state index contributed by atoms with van der Waals surface area (Å²) in [6.45, 7) is 0. The predicted octanol–water partition coefficient (Wildman–Crippen LogP) is 6.52. The van der Waals surface area contributed by atoms with Crippen molar-refractivity contribution in [2.45, 2.75) is 19.3 Å². The molecule has 28 heavy (non-hydrogen) atoms. The van der Waals surface area contributed by atoms with Crippen LogP contribution in [-0.2, 0) is 19.3 Å². The van der Waals surface area contributed by atoms with Gasteiger partial charge in [-0.1, -0.05) is 84.9 Å². The molecule has 0 unspecified atom stereocenters. The summed E-state index contributed by atoms with van der Waals surface area (Å²) in [6.07, 6.45) is 2.95. The summed E-state index contributed by atoms with van der Waals surface area (Å²) in [6, 6.07) is 35.1. The summed E-state index contributed by atoms with van der Waals surface area (Å²) in [5.74, 6) is 0. The number of hydrogen-bond acceptors (Lipinski definition) is 1. The summed E-state index contributed by atoms with van der Waals surface area (Å²) < 4.78 is 0. The highest BCUT2D eigenvalue weighted by Gasteiger charge is 2.15. The Labute approximate surface area is 166 Å². The zero-order chi connectivity index (χ0) is 18.8. The second kappa shape index (κ2) is 7.36. The fourth-order valence-corrected chi connectivity index (χ4v) is 4.04. The lowest BCUT2D eigenvalue weighted by Gasteiger charge is -2.23. The van der Waals surface area contributed by atoms with E-state index < -0.39 is 0 Å². The van der Waals surface area contributed by atoms with Crippen LogP contribution in [0.4, 0.5) is 11.4 Å². The molecule has 1 aliphatic heterocycles. The van der Waals surface area contributed by atoms with E-state index in [4.69, 9.17) is 0 Å². The number of nitrogens with one attached hydrogen (secondary N) is 1. The molecule has 5 rings (SSSR count). The van der Waals surface area contributed by atoms with Crippen LogP contribution in [0.1, 0.15) is 33.4 Å². The Balaban J connectivity index is 1.37. The van der Waals surface area contributed by atoms with Gasteiger partial charge in [-0.15, -0.1) is 0 Å². The summed E-state index contributed by atoms with van der Waals surface area (Å²) in [5, 5.41) is 3.66. The first kappa shape index (κ1) is 16.8. The van der Waals surface area contributed by atoms with Crippen molar-refractivity contribution in [3.63, 3.8) is 0 Å². The Morgan fingerprint density at radius 2 is 1.11 bits per heavy atom. The molecular formula is C27H23N. The third kappa shape index (κ3) is 3.57. The Hall–Kier alpha value is -3.32. The van der Waals surface area contributed by atoms with E-state index in [1.54, 1.807) is 0 Å². The number of benzene rings is 4. The fourth-order valence-electron chi connectivity index (χ4n) is 4.04. The van der Waals surface area contributed by atoms with Gasteiger partial charge in [-0.25, -0.2) is 0 Å². The molecule has 0 radical (unpaired) electrons. The van der Waals surface area contributed by atoms with Crippen molar-refractivity contribution in [3.05, 3.63) is 130 Å². The van der Waals surface area contributed by atoms with Gasteiger partial charge < -0.3 is 5.32 Å². The lowest BCUT2D eigenvalue weighted by atomic mass is 9.92.